The maximum Gasteiger partial charge on any atom is 0.395 e. The SMILES string of the molecule is O=C(Cc1ccc(Sc2nc(Cl)cc(Nc3ccccn3)n2)cc1)CC(F)(F)F.O=C(Cc1ccc(Sc2nc(Nc3ccccn3)cc(N3CC(F)(C4CC4)C3)n2)cc1)CC(F)(F)F. The Hall–Kier alpha value is -5.86. The topological polar surface area (TPSA) is 139 Å². The molecule has 338 valence electrons. The number of rotatable bonds is 16. The van der Waals surface area contributed by atoms with E-state index in [0.29, 0.717) is 63.6 Å². The summed E-state index contributed by atoms with van der Waals surface area (Å²) in [6.45, 7) is 0.588. The number of anilines is 5. The van der Waals surface area contributed by atoms with Gasteiger partial charge in [0.15, 0.2) is 10.3 Å². The quantitative estimate of drug-likeness (QED) is 0.0541. The van der Waals surface area contributed by atoms with Gasteiger partial charge in [0.1, 0.15) is 64.3 Å². The van der Waals surface area contributed by atoms with Crippen LogP contribution in [0.25, 0.3) is 0 Å². The lowest BCUT2D eigenvalue weighted by Crippen LogP contribution is -2.60. The van der Waals surface area contributed by atoms with Gasteiger partial charge in [0.25, 0.3) is 0 Å². The van der Waals surface area contributed by atoms with Crippen LogP contribution in [0.2, 0.25) is 5.15 Å². The van der Waals surface area contributed by atoms with Crippen molar-refractivity contribution in [2.75, 3.05) is 28.6 Å². The van der Waals surface area contributed by atoms with Gasteiger partial charge in [-0.15, -0.1) is 0 Å². The molecule has 0 atom stereocenters. The summed E-state index contributed by atoms with van der Waals surface area (Å²) in [5.74, 6) is 1.18. The number of carbonyl (C=O) groups excluding carboxylic acids is 2. The van der Waals surface area contributed by atoms with Crippen LogP contribution in [0.5, 0.6) is 0 Å². The smallest absolute Gasteiger partial charge is 0.350 e. The molecule has 2 fully saturated rings. The van der Waals surface area contributed by atoms with Gasteiger partial charge in [0.2, 0.25) is 0 Å². The molecule has 1 aliphatic carbocycles. The average molecular weight is 956 g/mol. The molecule has 0 radical (unpaired) electrons. The Kier molecular flexibility index (Phi) is 14.9. The average Bonchev–Trinajstić information content (AvgIpc) is 4.07. The summed E-state index contributed by atoms with van der Waals surface area (Å²) in [6.07, 6.45) is -7.25. The molecule has 2 aromatic carbocycles. The Bertz CT molecular complexity index is 2570. The summed E-state index contributed by atoms with van der Waals surface area (Å²) in [5, 5.41) is 7.24. The van der Waals surface area contributed by atoms with Crippen molar-refractivity contribution in [3.63, 3.8) is 0 Å². The number of halogens is 8. The minimum Gasteiger partial charge on any atom is -0.350 e. The molecule has 4 aromatic heterocycles. The van der Waals surface area contributed by atoms with Crippen LogP contribution in [0, 0.1) is 5.92 Å². The van der Waals surface area contributed by atoms with Crippen LogP contribution in [0.3, 0.4) is 0 Å². The molecule has 1 saturated carbocycles. The fraction of sp³-hybridized carbons (Fsp3) is 0.273. The lowest BCUT2D eigenvalue weighted by molar-refractivity contribution is -0.153. The second kappa shape index (κ2) is 20.5. The van der Waals surface area contributed by atoms with E-state index in [4.69, 9.17) is 11.6 Å². The normalized spacial score (nSPS) is 14.4. The summed E-state index contributed by atoms with van der Waals surface area (Å²) in [6, 6.07) is 27.4. The van der Waals surface area contributed by atoms with Crippen molar-refractivity contribution in [1.82, 2.24) is 29.9 Å². The molecule has 2 aliphatic rings. The molecule has 0 amide bonds. The van der Waals surface area contributed by atoms with Gasteiger partial charge in [-0.2, -0.15) is 26.3 Å². The van der Waals surface area contributed by atoms with Gasteiger partial charge in [-0.3, -0.25) is 9.59 Å². The molecular formula is C44H37ClF7N9O2S2. The van der Waals surface area contributed by atoms with Gasteiger partial charge < -0.3 is 15.5 Å². The molecule has 2 N–H and O–H groups in total. The van der Waals surface area contributed by atoms with E-state index < -0.39 is 42.4 Å². The highest BCUT2D eigenvalue weighted by Gasteiger charge is 2.54. The van der Waals surface area contributed by atoms with Crippen LogP contribution >= 0.6 is 35.1 Å². The molecule has 6 aromatic rings. The minimum absolute atomic E-state index is 0.136. The first-order valence-electron chi connectivity index (χ1n) is 19.9. The molecule has 0 bridgehead atoms. The van der Waals surface area contributed by atoms with E-state index in [9.17, 15) is 40.3 Å². The number of Topliss-reactive ketones (excluding diaryl/α,β-unsaturated/α-hetero) is 2. The molecule has 8 rings (SSSR count). The van der Waals surface area contributed by atoms with Crippen molar-refractivity contribution in [3.05, 3.63) is 126 Å². The highest BCUT2D eigenvalue weighted by molar-refractivity contribution is 7.99. The maximum atomic E-state index is 14.9. The first kappa shape index (κ1) is 47.1. The van der Waals surface area contributed by atoms with E-state index in [0.717, 1.165) is 22.6 Å². The number of ketones is 2. The molecule has 5 heterocycles. The predicted octanol–water partition coefficient (Wildman–Crippen LogP) is 11.3. The van der Waals surface area contributed by atoms with Crippen molar-refractivity contribution in [1.29, 1.82) is 0 Å². The lowest BCUT2D eigenvalue weighted by Gasteiger charge is -2.45. The Morgan fingerprint density at radius 1 is 0.646 bits per heavy atom. The fourth-order valence-corrected chi connectivity index (χ4v) is 8.30. The van der Waals surface area contributed by atoms with Crippen molar-refractivity contribution >= 4 is 75.8 Å². The molecule has 1 saturated heterocycles. The zero-order valence-electron chi connectivity index (χ0n) is 33.9. The summed E-state index contributed by atoms with van der Waals surface area (Å²) in [7, 11) is 0. The number of nitrogens with one attached hydrogen (secondary N) is 2. The van der Waals surface area contributed by atoms with E-state index in [1.54, 1.807) is 97.3 Å². The lowest BCUT2D eigenvalue weighted by atomic mass is 9.91. The fourth-order valence-electron chi connectivity index (χ4n) is 6.52. The zero-order chi connectivity index (χ0) is 46.2. The van der Waals surface area contributed by atoms with E-state index in [1.807, 2.05) is 17.0 Å². The Labute approximate surface area is 381 Å². The molecule has 11 nitrogen and oxygen atoms in total. The van der Waals surface area contributed by atoms with E-state index in [2.05, 4.69) is 40.5 Å². The largest absolute Gasteiger partial charge is 0.395 e. The zero-order valence-corrected chi connectivity index (χ0v) is 36.3. The number of hydrogen-bond donors (Lipinski definition) is 2. The third kappa shape index (κ3) is 14.8. The van der Waals surface area contributed by atoms with Gasteiger partial charge in [-0.1, -0.05) is 48.0 Å². The number of nitrogens with zero attached hydrogens (tertiary/aromatic N) is 7. The van der Waals surface area contributed by atoms with E-state index in [1.165, 1.54) is 23.5 Å². The molecule has 1 aliphatic heterocycles. The van der Waals surface area contributed by atoms with Gasteiger partial charge in [-0.25, -0.2) is 34.3 Å². The van der Waals surface area contributed by atoms with Crippen molar-refractivity contribution in [2.24, 2.45) is 5.92 Å². The molecular weight excluding hydrogens is 919 g/mol. The first-order valence-corrected chi connectivity index (χ1v) is 21.9. The summed E-state index contributed by atoms with van der Waals surface area (Å²) >= 11 is 8.56. The van der Waals surface area contributed by atoms with Crippen LogP contribution in [-0.2, 0) is 22.4 Å². The van der Waals surface area contributed by atoms with Gasteiger partial charge in [0.05, 0.1) is 13.1 Å². The molecule has 0 spiro atoms. The standard InChI is InChI=1S/C25H23F4N5OS.C19H14ClF3N4OS/c26-24(17-6-7-17)14-34(15-24)22-12-21(31-20-3-1-2-10-30-20)32-23(33-22)36-19-8-4-16(5-9-19)11-18(35)13-25(27,28)29;20-15-10-17(26-16-3-1-2-8-24-16)27-18(25-15)29-14-6-4-12(5-7-14)9-13(28)11-19(21,22)23/h1-5,8-10,12,17H,6-7,11,13-15H2,(H,30,31,32,33);1-8,10H,9,11H2,(H,24,25,26,27). The highest BCUT2D eigenvalue weighted by Crippen LogP contribution is 2.48. The number of pyridine rings is 2. The third-order valence-electron chi connectivity index (χ3n) is 9.61. The van der Waals surface area contributed by atoms with Crippen LogP contribution in [0.4, 0.5) is 59.8 Å². The first-order chi connectivity index (χ1) is 30.9. The number of hydrogen-bond acceptors (Lipinski definition) is 13. The predicted molar refractivity (Wildman–Crippen MR) is 233 cm³/mol. The highest BCUT2D eigenvalue weighted by atomic mass is 35.5. The van der Waals surface area contributed by atoms with Crippen LogP contribution in [0.1, 0.15) is 36.8 Å². The van der Waals surface area contributed by atoms with Crippen molar-refractivity contribution in [3.8, 4) is 0 Å². The molecule has 0 unspecified atom stereocenters. The maximum absolute atomic E-state index is 14.9. The van der Waals surface area contributed by atoms with Gasteiger partial charge in [-0.05, 0) is 102 Å². The van der Waals surface area contributed by atoms with Crippen LogP contribution in [0.15, 0.2) is 130 Å². The van der Waals surface area contributed by atoms with Crippen LogP contribution in [-0.4, -0.2) is 72.6 Å². The Morgan fingerprint density at radius 2 is 1.11 bits per heavy atom. The number of alkyl halides is 7. The van der Waals surface area contributed by atoms with Crippen LogP contribution < -0.4 is 15.5 Å². The summed E-state index contributed by atoms with van der Waals surface area (Å²) in [5.41, 5.74) is -0.152. The third-order valence-corrected chi connectivity index (χ3v) is 11.6. The second-order valence-corrected chi connectivity index (χ2v) is 17.6. The van der Waals surface area contributed by atoms with Gasteiger partial charge >= 0.3 is 12.4 Å². The van der Waals surface area contributed by atoms with E-state index in [-0.39, 0.29) is 23.9 Å². The number of benzene rings is 2. The summed E-state index contributed by atoms with van der Waals surface area (Å²) < 4.78 is 89.0. The second-order valence-electron chi connectivity index (χ2n) is 15.1. The monoisotopic (exact) mass is 955 g/mol. The van der Waals surface area contributed by atoms with Crippen molar-refractivity contribution in [2.45, 2.75) is 76.7 Å². The Balaban J connectivity index is 0.000000199. The van der Waals surface area contributed by atoms with E-state index >= 15 is 0 Å². The Morgan fingerprint density at radius 3 is 1.54 bits per heavy atom. The number of carbonyl (C=O) groups is 2. The van der Waals surface area contributed by atoms with Crippen molar-refractivity contribution < 1.29 is 40.3 Å². The minimum atomic E-state index is -4.51. The van der Waals surface area contributed by atoms with Gasteiger partial charge in [0, 0.05) is 47.2 Å². The molecule has 21 heteroatoms. The summed E-state index contributed by atoms with van der Waals surface area (Å²) in [4.78, 5) is 52.6. The number of aromatic nitrogens is 6. The molecule has 65 heavy (non-hydrogen) atoms.